The van der Waals surface area contributed by atoms with Gasteiger partial charge in [0.25, 0.3) is 5.91 Å². The van der Waals surface area contributed by atoms with E-state index in [4.69, 9.17) is 4.74 Å². The van der Waals surface area contributed by atoms with Crippen LogP contribution in [0.15, 0.2) is 48.5 Å². The van der Waals surface area contributed by atoms with E-state index in [1.54, 1.807) is 31.4 Å². The van der Waals surface area contributed by atoms with Gasteiger partial charge in [-0.1, -0.05) is 39.0 Å². The highest BCUT2D eigenvalue weighted by molar-refractivity contribution is 6.01. The number of anilines is 1. The first-order valence-electron chi connectivity index (χ1n) is 8.80. The molecule has 0 bridgehead atoms. The normalized spacial score (nSPS) is 11.7. The second kappa shape index (κ2) is 9.04. The summed E-state index contributed by atoms with van der Waals surface area (Å²) in [6.45, 7) is 5.85. The lowest BCUT2D eigenvalue weighted by molar-refractivity contribution is -0.118. The first-order chi connectivity index (χ1) is 12.5. The molecule has 0 aromatic heterocycles. The minimum absolute atomic E-state index is 0.0500. The highest BCUT2D eigenvalue weighted by Gasteiger charge is 2.25. The number of rotatable bonds is 7. The van der Waals surface area contributed by atoms with Crippen LogP contribution in [-0.4, -0.2) is 25.0 Å². The predicted octanol–water partition coefficient (Wildman–Crippen LogP) is 3.65. The van der Waals surface area contributed by atoms with Crippen LogP contribution in [0.1, 0.15) is 36.7 Å². The summed E-state index contributed by atoms with van der Waals surface area (Å²) in [6.07, 6.45) is 0.820. The number of para-hydroxylation sites is 1. The standard InChI is InChI=1S/C21H26N2O3/c1-5-15-8-6-7-9-18(15)22-21(25)19(14(2)3)23-20(24)16-10-12-17(26-4)13-11-16/h6-14,19H,5H2,1-4H3,(H,22,25)(H,23,24). The van der Waals surface area contributed by atoms with Crippen LogP contribution in [0.4, 0.5) is 5.69 Å². The zero-order valence-electron chi connectivity index (χ0n) is 15.7. The van der Waals surface area contributed by atoms with Gasteiger partial charge >= 0.3 is 0 Å². The van der Waals surface area contributed by atoms with Crippen molar-refractivity contribution in [2.75, 3.05) is 12.4 Å². The molecular weight excluding hydrogens is 328 g/mol. The molecule has 0 saturated heterocycles. The van der Waals surface area contributed by atoms with E-state index < -0.39 is 6.04 Å². The molecule has 1 unspecified atom stereocenters. The van der Waals surface area contributed by atoms with E-state index in [9.17, 15) is 9.59 Å². The zero-order valence-corrected chi connectivity index (χ0v) is 15.7. The second-order valence-electron chi connectivity index (χ2n) is 6.42. The molecule has 5 nitrogen and oxygen atoms in total. The molecule has 2 aromatic rings. The Balaban J connectivity index is 2.11. The lowest BCUT2D eigenvalue weighted by Crippen LogP contribution is -2.47. The molecule has 0 spiro atoms. The maximum Gasteiger partial charge on any atom is 0.251 e. The van der Waals surface area contributed by atoms with Crippen LogP contribution in [-0.2, 0) is 11.2 Å². The third-order valence-corrected chi connectivity index (χ3v) is 4.24. The number of ether oxygens (including phenoxy) is 1. The molecule has 0 saturated carbocycles. The molecule has 0 radical (unpaired) electrons. The van der Waals surface area contributed by atoms with Gasteiger partial charge in [0.15, 0.2) is 0 Å². The van der Waals surface area contributed by atoms with Gasteiger partial charge in [-0.2, -0.15) is 0 Å². The quantitative estimate of drug-likeness (QED) is 0.797. The first-order valence-corrected chi connectivity index (χ1v) is 8.80. The lowest BCUT2D eigenvalue weighted by Gasteiger charge is -2.22. The summed E-state index contributed by atoms with van der Waals surface area (Å²) >= 11 is 0. The van der Waals surface area contributed by atoms with Crippen LogP contribution in [0.5, 0.6) is 5.75 Å². The Morgan fingerprint density at radius 1 is 1.04 bits per heavy atom. The summed E-state index contributed by atoms with van der Waals surface area (Å²) in [6, 6.07) is 13.8. The van der Waals surface area contributed by atoms with Gasteiger partial charge in [0.1, 0.15) is 11.8 Å². The van der Waals surface area contributed by atoms with E-state index in [2.05, 4.69) is 10.6 Å². The molecule has 5 heteroatoms. The van der Waals surface area contributed by atoms with Crippen LogP contribution >= 0.6 is 0 Å². The van der Waals surface area contributed by atoms with Gasteiger partial charge in [-0.3, -0.25) is 9.59 Å². The fourth-order valence-electron chi connectivity index (χ4n) is 2.66. The smallest absolute Gasteiger partial charge is 0.251 e. The Kier molecular flexibility index (Phi) is 6.78. The van der Waals surface area contributed by atoms with Gasteiger partial charge in [-0.25, -0.2) is 0 Å². The van der Waals surface area contributed by atoms with Gasteiger partial charge in [-0.05, 0) is 48.2 Å². The number of nitrogens with one attached hydrogen (secondary N) is 2. The Morgan fingerprint density at radius 2 is 1.69 bits per heavy atom. The van der Waals surface area contributed by atoms with Crippen molar-refractivity contribution in [2.45, 2.75) is 33.2 Å². The monoisotopic (exact) mass is 354 g/mol. The summed E-state index contributed by atoms with van der Waals surface area (Å²) in [7, 11) is 1.57. The van der Waals surface area contributed by atoms with E-state index in [1.807, 2.05) is 45.0 Å². The van der Waals surface area contributed by atoms with E-state index in [0.717, 1.165) is 17.7 Å². The molecule has 2 N–H and O–H groups in total. The maximum absolute atomic E-state index is 12.7. The zero-order chi connectivity index (χ0) is 19.1. The molecule has 2 rings (SSSR count). The van der Waals surface area contributed by atoms with Crippen molar-refractivity contribution in [1.82, 2.24) is 5.32 Å². The number of carbonyl (C=O) groups excluding carboxylic acids is 2. The van der Waals surface area contributed by atoms with Crippen LogP contribution in [0.25, 0.3) is 0 Å². The third kappa shape index (κ3) is 4.85. The molecule has 0 aliphatic heterocycles. The number of carbonyl (C=O) groups is 2. The molecule has 0 aliphatic rings. The number of amides is 2. The second-order valence-corrected chi connectivity index (χ2v) is 6.42. The van der Waals surface area contributed by atoms with Gasteiger partial charge in [-0.15, -0.1) is 0 Å². The molecule has 2 amide bonds. The van der Waals surface area contributed by atoms with E-state index >= 15 is 0 Å². The fourth-order valence-corrected chi connectivity index (χ4v) is 2.66. The number of aryl methyl sites for hydroxylation is 1. The average molecular weight is 354 g/mol. The predicted molar refractivity (Wildman–Crippen MR) is 104 cm³/mol. The van der Waals surface area contributed by atoms with Crippen LogP contribution in [0, 0.1) is 5.92 Å². The lowest BCUT2D eigenvalue weighted by atomic mass is 10.0. The summed E-state index contributed by atoms with van der Waals surface area (Å²) < 4.78 is 5.10. The van der Waals surface area contributed by atoms with Crippen molar-refractivity contribution in [2.24, 2.45) is 5.92 Å². The van der Waals surface area contributed by atoms with Crippen molar-refractivity contribution >= 4 is 17.5 Å². The summed E-state index contributed by atoms with van der Waals surface area (Å²) in [5, 5.41) is 5.78. The van der Waals surface area contributed by atoms with Gasteiger partial charge in [0.05, 0.1) is 7.11 Å². The highest BCUT2D eigenvalue weighted by atomic mass is 16.5. The number of benzene rings is 2. The highest BCUT2D eigenvalue weighted by Crippen LogP contribution is 2.17. The Labute approximate surface area is 154 Å². The molecule has 138 valence electrons. The van der Waals surface area contributed by atoms with Crippen molar-refractivity contribution in [3.8, 4) is 5.75 Å². The van der Waals surface area contributed by atoms with Crippen LogP contribution in [0.2, 0.25) is 0 Å². The maximum atomic E-state index is 12.7. The van der Waals surface area contributed by atoms with E-state index in [-0.39, 0.29) is 17.7 Å². The average Bonchev–Trinajstić information content (AvgIpc) is 2.66. The number of methoxy groups -OCH3 is 1. The number of hydrogen-bond acceptors (Lipinski definition) is 3. The fraction of sp³-hybridized carbons (Fsp3) is 0.333. The van der Waals surface area contributed by atoms with E-state index in [1.165, 1.54) is 0 Å². The first kappa shape index (κ1) is 19.5. The largest absolute Gasteiger partial charge is 0.497 e. The molecular formula is C21H26N2O3. The molecule has 0 fully saturated rings. The van der Waals surface area contributed by atoms with Crippen LogP contribution < -0.4 is 15.4 Å². The molecule has 1 atom stereocenters. The minimum Gasteiger partial charge on any atom is -0.497 e. The van der Waals surface area contributed by atoms with E-state index in [0.29, 0.717) is 11.3 Å². The summed E-state index contributed by atoms with van der Waals surface area (Å²) in [5.41, 5.74) is 2.33. The Bertz CT molecular complexity index is 754. The number of hydrogen-bond donors (Lipinski definition) is 2. The van der Waals surface area contributed by atoms with Gasteiger partial charge < -0.3 is 15.4 Å². The Hall–Kier alpha value is -2.82. The van der Waals surface area contributed by atoms with Crippen molar-refractivity contribution in [3.63, 3.8) is 0 Å². The molecule has 2 aromatic carbocycles. The minimum atomic E-state index is -0.630. The summed E-state index contributed by atoms with van der Waals surface area (Å²) in [4.78, 5) is 25.3. The van der Waals surface area contributed by atoms with Crippen molar-refractivity contribution in [1.29, 1.82) is 0 Å². The van der Waals surface area contributed by atoms with Crippen molar-refractivity contribution in [3.05, 3.63) is 59.7 Å². The third-order valence-electron chi connectivity index (χ3n) is 4.24. The SMILES string of the molecule is CCc1ccccc1NC(=O)C(NC(=O)c1ccc(OC)cc1)C(C)C. The topological polar surface area (TPSA) is 67.4 Å². The van der Waals surface area contributed by atoms with Crippen molar-refractivity contribution < 1.29 is 14.3 Å². The Morgan fingerprint density at radius 3 is 2.27 bits per heavy atom. The molecule has 0 aliphatic carbocycles. The van der Waals surface area contributed by atoms with Gasteiger partial charge in [0.2, 0.25) is 5.91 Å². The molecule has 26 heavy (non-hydrogen) atoms. The molecule has 0 heterocycles. The van der Waals surface area contributed by atoms with Gasteiger partial charge in [0, 0.05) is 11.3 Å². The van der Waals surface area contributed by atoms with Crippen LogP contribution in [0.3, 0.4) is 0 Å². The summed E-state index contributed by atoms with van der Waals surface area (Å²) in [5.74, 6) is 0.120.